The Balaban J connectivity index is 1.58. The number of para-hydroxylation sites is 1. The highest BCUT2D eigenvalue weighted by molar-refractivity contribution is 6.31. The number of aromatic nitrogens is 1. The number of nitrogens with one attached hydrogen (secondary N) is 1. The van der Waals surface area contributed by atoms with Crippen molar-refractivity contribution in [1.29, 1.82) is 0 Å². The normalized spacial score (nSPS) is 14.5. The van der Waals surface area contributed by atoms with Gasteiger partial charge in [-0.25, -0.2) is 14.0 Å². The van der Waals surface area contributed by atoms with Crippen molar-refractivity contribution in [3.05, 3.63) is 70.1 Å². The fraction of sp³-hybridized carbons (Fsp3) is 0.360. The van der Waals surface area contributed by atoms with Crippen LogP contribution in [0.4, 0.5) is 9.18 Å². The highest BCUT2D eigenvalue weighted by Gasteiger charge is 2.26. The summed E-state index contributed by atoms with van der Waals surface area (Å²) in [6.45, 7) is 3.89. The maximum absolute atomic E-state index is 13.5. The summed E-state index contributed by atoms with van der Waals surface area (Å²) in [5, 5.41) is 14.7. The van der Waals surface area contributed by atoms with E-state index >= 15 is 0 Å². The van der Waals surface area contributed by atoms with Gasteiger partial charge >= 0.3 is 12.1 Å². The van der Waals surface area contributed by atoms with E-state index in [9.17, 15) is 19.1 Å². The molecular weight excluding hydrogens is 461 g/mol. The second-order valence-electron chi connectivity index (χ2n) is 8.31. The molecule has 1 fully saturated rings. The monoisotopic (exact) mass is 487 g/mol. The van der Waals surface area contributed by atoms with Crippen LogP contribution in [-0.4, -0.2) is 52.4 Å². The van der Waals surface area contributed by atoms with Crippen molar-refractivity contribution in [2.24, 2.45) is 0 Å². The van der Waals surface area contributed by atoms with E-state index in [4.69, 9.17) is 16.3 Å². The molecule has 1 aliphatic rings. The van der Waals surface area contributed by atoms with Crippen molar-refractivity contribution in [2.45, 2.75) is 38.9 Å². The fourth-order valence-electron chi connectivity index (χ4n) is 4.51. The molecule has 4 rings (SSSR count). The van der Waals surface area contributed by atoms with Crippen LogP contribution in [0.25, 0.3) is 10.9 Å². The van der Waals surface area contributed by atoms with E-state index in [-0.39, 0.29) is 29.4 Å². The quantitative estimate of drug-likeness (QED) is 0.495. The number of hydrogen-bond donors (Lipinski definition) is 2. The van der Waals surface area contributed by atoms with Crippen LogP contribution in [0.3, 0.4) is 0 Å². The molecule has 180 valence electrons. The summed E-state index contributed by atoms with van der Waals surface area (Å²) < 4.78 is 20.3. The number of carbonyl (C=O) groups excluding carboxylic acids is 1. The number of ether oxygens (including phenoxy) is 1. The number of halogens is 2. The number of nitrogens with zero attached hydrogens (tertiary/aromatic N) is 2. The molecule has 0 radical (unpaired) electrons. The molecule has 34 heavy (non-hydrogen) atoms. The smallest absolute Gasteiger partial charge is 0.409 e. The van der Waals surface area contributed by atoms with Gasteiger partial charge in [-0.1, -0.05) is 35.9 Å². The lowest BCUT2D eigenvalue weighted by atomic mass is 10.0. The second kappa shape index (κ2) is 10.4. The van der Waals surface area contributed by atoms with E-state index in [1.807, 2.05) is 24.3 Å². The minimum Gasteiger partial charge on any atom is -0.477 e. The molecule has 0 saturated carbocycles. The lowest BCUT2D eigenvalue weighted by Gasteiger charge is -2.31. The molecule has 2 heterocycles. The van der Waals surface area contributed by atoms with Crippen LogP contribution < -0.4 is 5.32 Å². The third kappa shape index (κ3) is 5.03. The van der Waals surface area contributed by atoms with Gasteiger partial charge in [0.2, 0.25) is 0 Å². The van der Waals surface area contributed by atoms with E-state index in [0.717, 1.165) is 23.7 Å². The number of rotatable bonds is 7. The Morgan fingerprint density at radius 1 is 1.21 bits per heavy atom. The first kappa shape index (κ1) is 24.0. The van der Waals surface area contributed by atoms with Gasteiger partial charge in [-0.05, 0) is 43.5 Å². The largest absolute Gasteiger partial charge is 0.477 e. The molecule has 1 aliphatic heterocycles. The molecule has 0 aliphatic carbocycles. The lowest BCUT2D eigenvalue weighted by molar-refractivity contribution is 0.0683. The van der Waals surface area contributed by atoms with Gasteiger partial charge in [-0.15, -0.1) is 0 Å². The van der Waals surface area contributed by atoms with Gasteiger partial charge < -0.3 is 24.6 Å². The first-order valence-corrected chi connectivity index (χ1v) is 11.7. The Bertz CT molecular complexity index is 1200. The van der Waals surface area contributed by atoms with Crippen molar-refractivity contribution >= 4 is 34.6 Å². The van der Waals surface area contributed by atoms with Crippen LogP contribution >= 0.6 is 11.6 Å². The number of hydrogen-bond acceptors (Lipinski definition) is 4. The van der Waals surface area contributed by atoms with E-state index in [1.54, 1.807) is 22.5 Å². The number of piperidine rings is 1. The van der Waals surface area contributed by atoms with Crippen molar-refractivity contribution in [3.63, 3.8) is 0 Å². The van der Waals surface area contributed by atoms with Gasteiger partial charge in [0.1, 0.15) is 11.5 Å². The molecule has 7 nitrogen and oxygen atoms in total. The molecule has 0 spiro atoms. The van der Waals surface area contributed by atoms with Crippen LogP contribution in [-0.2, 0) is 17.8 Å². The van der Waals surface area contributed by atoms with Crippen molar-refractivity contribution < 1.29 is 23.8 Å². The number of benzene rings is 2. The molecule has 1 aromatic heterocycles. The number of carbonyl (C=O) groups is 2. The zero-order valence-corrected chi connectivity index (χ0v) is 19.6. The number of fused-ring (bicyclic) bond motifs is 1. The van der Waals surface area contributed by atoms with Crippen LogP contribution in [0.2, 0.25) is 5.02 Å². The molecule has 1 saturated heterocycles. The predicted molar refractivity (Wildman–Crippen MR) is 128 cm³/mol. The van der Waals surface area contributed by atoms with Gasteiger partial charge in [0.25, 0.3) is 0 Å². The molecule has 3 aromatic rings. The number of likely N-dealkylation sites (tertiary alicyclic amines) is 1. The predicted octanol–water partition coefficient (Wildman–Crippen LogP) is 4.89. The highest BCUT2D eigenvalue weighted by Crippen LogP contribution is 2.29. The summed E-state index contributed by atoms with van der Waals surface area (Å²) in [6.07, 6.45) is 1.22. The van der Waals surface area contributed by atoms with Crippen molar-refractivity contribution in [2.75, 3.05) is 19.7 Å². The van der Waals surface area contributed by atoms with Gasteiger partial charge in [0.15, 0.2) is 0 Å². The summed E-state index contributed by atoms with van der Waals surface area (Å²) >= 11 is 6.24. The maximum Gasteiger partial charge on any atom is 0.409 e. The summed E-state index contributed by atoms with van der Waals surface area (Å²) in [5.41, 5.74) is 2.28. The average molecular weight is 488 g/mol. The van der Waals surface area contributed by atoms with Crippen LogP contribution in [0.1, 0.15) is 41.4 Å². The van der Waals surface area contributed by atoms with Crippen LogP contribution in [0, 0.1) is 5.82 Å². The molecule has 2 aromatic carbocycles. The Hall–Kier alpha value is -3.10. The molecule has 0 unspecified atom stereocenters. The number of carboxylic acids is 1. The van der Waals surface area contributed by atoms with E-state index < -0.39 is 11.8 Å². The van der Waals surface area contributed by atoms with Crippen molar-refractivity contribution in [1.82, 2.24) is 14.8 Å². The van der Waals surface area contributed by atoms with Gasteiger partial charge in [-0.3, -0.25) is 0 Å². The molecular formula is C25H27ClFN3O4. The van der Waals surface area contributed by atoms with Crippen LogP contribution in [0.15, 0.2) is 42.5 Å². The third-order valence-electron chi connectivity index (χ3n) is 6.21. The molecule has 0 atom stereocenters. The standard InChI is InChI=1S/C25H27ClFN3O4/c1-2-34-25(33)29-11-9-18(10-12-29)28-14-20-19-5-3-4-6-22(19)30(23(20)24(31)32)15-16-7-8-17(27)13-21(16)26/h3-8,13,18,28H,2,9-12,14-15H2,1H3,(H,31,32). The molecule has 0 bridgehead atoms. The van der Waals surface area contributed by atoms with E-state index in [0.29, 0.717) is 37.4 Å². The summed E-state index contributed by atoms with van der Waals surface area (Å²) in [5.74, 6) is -1.48. The third-order valence-corrected chi connectivity index (χ3v) is 6.56. The second-order valence-corrected chi connectivity index (χ2v) is 8.72. The Morgan fingerprint density at radius 3 is 2.62 bits per heavy atom. The number of aromatic carboxylic acids is 1. The fourth-order valence-corrected chi connectivity index (χ4v) is 4.74. The molecule has 9 heteroatoms. The average Bonchev–Trinajstić information content (AvgIpc) is 3.13. The maximum atomic E-state index is 13.5. The Morgan fingerprint density at radius 2 is 1.94 bits per heavy atom. The number of carboxylic acid groups (broad SMARTS) is 1. The van der Waals surface area contributed by atoms with E-state index in [1.165, 1.54) is 12.1 Å². The Kier molecular flexibility index (Phi) is 7.38. The van der Waals surface area contributed by atoms with Gasteiger partial charge in [0, 0.05) is 53.7 Å². The first-order valence-electron chi connectivity index (χ1n) is 11.3. The summed E-state index contributed by atoms with van der Waals surface area (Å²) in [6, 6.07) is 11.8. The van der Waals surface area contributed by atoms with E-state index in [2.05, 4.69) is 5.32 Å². The topological polar surface area (TPSA) is 83.8 Å². The first-order chi connectivity index (χ1) is 16.4. The number of amides is 1. The molecule has 1 amide bonds. The zero-order chi connectivity index (χ0) is 24.2. The summed E-state index contributed by atoms with van der Waals surface area (Å²) in [4.78, 5) is 26.0. The van der Waals surface area contributed by atoms with Crippen LogP contribution in [0.5, 0.6) is 0 Å². The zero-order valence-electron chi connectivity index (χ0n) is 18.9. The SMILES string of the molecule is CCOC(=O)N1CCC(NCc2c(C(=O)O)n(Cc3ccc(F)cc3Cl)c3ccccc23)CC1. The van der Waals surface area contributed by atoms with Gasteiger partial charge in [0.05, 0.1) is 6.61 Å². The summed E-state index contributed by atoms with van der Waals surface area (Å²) in [7, 11) is 0. The lowest BCUT2D eigenvalue weighted by Crippen LogP contribution is -2.45. The Labute approximate surface area is 202 Å². The minimum absolute atomic E-state index is 0.154. The highest BCUT2D eigenvalue weighted by atomic mass is 35.5. The molecule has 2 N–H and O–H groups in total. The van der Waals surface area contributed by atoms with Gasteiger partial charge in [-0.2, -0.15) is 0 Å². The van der Waals surface area contributed by atoms with Crippen molar-refractivity contribution in [3.8, 4) is 0 Å². The minimum atomic E-state index is -1.04.